The second-order valence-corrected chi connectivity index (χ2v) is 3.88. The fourth-order valence-electron chi connectivity index (χ4n) is 1.72. The number of nitrogens with zero attached hydrogens (tertiary/aromatic N) is 2. The van der Waals surface area contributed by atoms with Gasteiger partial charge in [0.05, 0.1) is 12.8 Å². The van der Waals surface area contributed by atoms with Gasteiger partial charge >= 0.3 is 0 Å². The zero-order valence-electron chi connectivity index (χ0n) is 10.2. The van der Waals surface area contributed by atoms with Crippen molar-refractivity contribution in [1.29, 1.82) is 0 Å². The Hall–Kier alpha value is -2.10. The van der Waals surface area contributed by atoms with Crippen molar-refractivity contribution in [3.8, 4) is 17.0 Å². The number of hydrogen-bond acceptors (Lipinski definition) is 4. The van der Waals surface area contributed by atoms with E-state index in [0.717, 1.165) is 28.1 Å². The Balaban J connectivity index is 2.65. The lowest BCUT2D eigenvalue weighted by Crippen LogP contribution is -2.02. The number of ether oxygens (including phenoxy) is 1. The van der Waals surface area contributed by atoms with Crippen LogP contribution in [0.2, 0.25) is 0 Å². The second-order valence-electron chi connectivity index (χ2n) is 3.88. The highest BCUT2D eigenvalue weighted by molar-refractivity contribution is 5.71. The van der Waals surface area contributed by atoms with E-state index in [-0.39, 0.29) is 0 Å². The summed E-state index contributed by atoms with van der Waals surface area (Å²) in [5.74, 6) is 1.26. The molecule has 0 unspecified atom stereocenters. The normalized spacial score (nSPS) is 10.3. The molecule has 2 aromatic rings. The van der Waals surface area contributed by atoms with E-state index in [2.05, 4.69) is 10.2 Å². The van der Waals surface area contributed by atoms with Crippen molar-refractivity contribution in [3.05, 3.63) is 35.4 Å². The molecule has 0 amide bonds. The number of aromatic nitrogens is 2. The van der Waals surface area contributed by atoms with Gasteiger partial charge in [-0.05, 0) is 37.1 Å². The van der Waals surface area contributed by atoms with E-state index in [4.69, 9.17) is 10.5 Å². The predicted octanol–water partition coefficient (Wildman–Crippen LogP) is 2.35. The van der Waals surface area contributed by atoms with Crippen LogP contribution in [0.4, 0.5) is 5.82 Å². The molecule has 4 heteroatoms. The Morgan fingerprint density at radius 1 is 1.06 bits per heavy atom. The minimum atomic E-state index is 0.473. The van der Waals surface area contributed by atoms with Crippen LogP contribution < -0.4 is 10.5 Å². The molecule has 0 aliphatic heterocycles. The summed E-state index contributed by atoms with van der Waals surface area (Å²) < 4.78 is 5.33. The molecule has 1 aromatic heterocycles. The van der Waals surface area contributed by atoms with E-state index in [1.165, 1.54) is 0 Å². The summed E-state index contributed by atoms with van der Waals surface area (Å²) in [4.78, 5) is 0. The van der Waals surface area contributed by atoms with E-state index >= 15 is 0 Å². The Bertz CT molecular complexity index is 552. The number of methoxy groups -OCH3 is 1. The van der Waals surface area contributed by atoms with Crippen molar-refractivity contribution in [2.24, 2.45) is 0 Å². The van der Waals surface area contributed by atoms with Crippen molar-refractivity contribution < 1.29 is 4.74 Å². The van der Waals surface area contributed by atoms with Crippen molar-refractivity contribution in [3.63, 3.8) is 0 Å². The number of benzene rings is 1. The van der Waals surface area contributed by atoms with E-state index in [0.29, 0.717) is 5.82 Å². The van der Waals surface area contributed by atoms with Crippen LogP contribution in [-0.2, 0) is 0 Å². The van der Waals surface area contributed by atoms with Crippen molar-refractivity contribution >= 4 is 5.82 Å². The largest absolute Gasteiger partial charge is 0.496 e. The van der Waals surface area contributed by atoms with Gasteiger partial charge in [-0.1, -0.05) is 12.1 Å². The Kier molecular flexibility index (Phi) is 2.95. The van der Waals surface area contributed by atoms with E-state index in [1.54, 1.807) is 7.11 Å². The van der Waals surface area contributed by atoms with Gasteiger partial charge in [-0.2, -0.15) is 0 Å². The van der Waals surface area contributed by atoms with Crippen molar-refractivity contribution in [2.45, 2.75) is 13.8 Å². The maximum Gasteiger partial charge on any atom is 0.149 e. The minimum absolute atomic E-state index is 0.473. The van der Waals surface area contributed by atoms with Gasteiger partial charge in [0.1, 0.15) is 11.6 Å². The van der Waals surface area contributed by atoms with E-state index in [1.807, 2.05) is 38.1 Å². The zero-order chi connectivity index (χ0) is 12.4. The SMILES string of the molecule is COc1ccccc1-c1nnc(N)c(C)c1C. The summed E-state index contributed by atoms with van der Waals surface area (Å²) in [7, 11) is 1.64. The highest BCUT2D eigenvalue weighted by Gasteiger charge is 2.12. The van der Waals surface area contributed by atoms with Gasteiger partial charge in [0.25, 0.3) is 0 Å². The van der Waals surface area contributed by atoms with Crippen LogP contribution in [0, 0.1) is 13.8 Å². The van der Waals surface area contributed by atoms with Crippen LogP contribution in [0.5, 0.6) is 5.75 Å². The maximum atomic E-state index is 5.73. The first-order valence-electron chi connectivity index (χ1n) is 5.38. The Morgan fingerprint density at radius 2 is 1.76 bits per heavy atom. The van der Waals surface area contributed by atoms with Gasteiger partial charge in [-0.3, -0.25) is 0 Å². The van der Waals surface area contributed by atoms with E-state index < -0.39 is 0 Å². The zero-order valence-corrected chi connectivity index (χ0v) is 10.2. The van der Waals surface area contributed by atoms with Gasteiger partial charge < -0.3 is 10.5 Å². The maximum absolute atomic E-state index is 5.73. The highest BCUT2D eigenvalue weighted by Crippen LogP contribution is 2.31. The molecule has 0 bridgehead atoms. The molecular weight excluding hydrogens is 214 g/mol. The second kappa shape index (κ2) is 4.41. The summed E-state index contributed by atoms with van der Waals surface area (Å²) in [6.45, 7) is 3.93. The first-order chi connectivity index (χ1) is 8.15. The molecule has 2 N–H and O–H groups in total. The molecule has 88 valence electrons. The fourth-order valence-corrected chi connectivity index (χ4v) is 1.72. The van der Waals surface area contributed by atoms with E-state index in [9.17, 15) is 0 Å². The van der Waals surface area contributed by atoms with Gasteiger partial charge in [0.2, 0.25) is 0 Å². The molecule has 4 nitrogen and oxygen atoms in total. The highest BCUT2D eigenvalue weighted by atomic mass is 16.5. The molecule has 2 rings (SSSR count). The van der Waals surface area contributed by atoms with Crippen molar-refractivity contribution in [1.82, 2.24) is 10.2 Å². The number of nitrogen functional groups attached to an aromatic ring is 1. The molecule has 0 saturated heterocycles. The third-order valence-corrected chi connectivity index (χ3v) is 2.92. The number of hydrogen-bond donors (Lipinski definition) is 1. The lowest BCUT2D eigenvalue weighted by Gasteiger charge is -2.11. The standard InChI is InChI=1S/C13H15N3O/c1-8-9(2)13(14)16-15-12(8)10-6-4-5-7-11(10)17-3/h4-7H,1-3H3,(H2,14,16). The molecule has 0 atom stereocenters. The smallest absolute Gasteiger partial charge is 0.149 e. The first kappa shape index (κ1) is 11.4. The van der Waals surface area contributed by atoms with Gasteiger partial charge in [-0.15, -0.1) is 10.2 Å². The monoisotopic (exact) mass is 229 g/mol. The minimum Gasteiger partial charge on any atom is -0.496 e. The van der Waals surface area contributed by atoms with Gasteiger partial charge in [-0.25, -0.2) is 0 Å². The molecule has 0 fully saturated rings. The lowest BCUT2D eigenvalue weighted by atomic mass is 10.0. The van der Waals surface area contributed by atoms with Crippen LogP contribution in [0.15, 0.2) is 24.3 Å². The molecule has 17 heavy (non-hydrogen) atoms. The molecule has 0 aliphatic rings. The Labute approximate surface area is 100 Å². The quantitative estimate of drug-likeness (QED) is 0.858. The third-order valence-electron chi connectivity index (χ3n) is 2.92. The average Bonchev–Trinajstić information content (AvgIpc) is 2.36. The summed E-state index contributed by atoms with van der Waals surface area (Å²) in [5, 5.41) is 8.13. The predicted molar refractivity (Wildman–Crippen MR) is 67.9 cm³/mol. The summed E-state index contributed by atoms with van der Waals surface area (Å²) >= 11 is 0. The lowest BCUT2D eigenvalue weighted by molar-refractivity contribution is 0.416. The topological polar surface area (TPSA) is 61.0 Å². The molecular formula is C13H15N3O. The summed E-state index contributed by atoms with van der Waals surface area (Å²) in [5.41, 5.74) is 9.47. The Morgan fingerprint density at radius 3 is 2.47 bits per heavy atom. The number of rotatable bonds is 2. The van der Waals surface area contributed by atoms with Crippen LogP contribution >= 0.6 is 0 Å². The molecule has 0 saturated carbocycles. The molecule has 1 aromatic carbocycles. The van der Waals surface area contributed by atoms with Crippen LogP contribution in [0.3, 0.4) is 0 Å². The van der Waals surface area contributed by atoms with Gasteiger partial charge in [0, 0.05) is 5.56 Å². The molecule has 1 heterocycles. The van der Waals surface area contributed by atoms with Crippen molar-refractivity contribution in [2.75, 3.05) is 12.8 Å². The number of anilines is 1. The average molecular weight is 229 g/mol. The number of para-hydroxylation sites is 1. The van der Waals surface area contributed by atoms with Gasteiger partial charge in [0.15, 0.2) is 0 Å². The van der Waals surface area contributed by atoms with Crippen LogP contribution in [0.1, 0.15) is 11.1 Å². The summed E-state index contributed by atoms with van der Waals surface area (Å²) in [6, 6.07) is 7.74. The first-order valence-corrected chi connectivity index (χ1v) is 5.38. The fraction of sp³-hybridized carbons (Fsp3) is 0.231. The number of nitrogens with two attached hydrogens (primary N) is 1. The third kappa shape index (κ3) is 1.93. The molecule has 0 radical (unpaired) electrons. The molecule has 0 aliphatic carbocycles. The summed E-state index contributed by atoms with van der Waals surface area (Å²) in [6.07, 6.45) is 0. The van der Waals surface area contributed by atoms with Crippen LogP contribution in [0.25, 0.3) is 11.3 Å². The van der Waals surface area contributed by atoms with Crippen LogP contribution in [-0.4, -0.2) is 17.3 Å². The molecule has 0 spiro atoms.